The molecule has 0 aliphatic rings. The molecule has 0 spiro atoms. The molecule has 6 nitrogen and oxygen atoms in total. The molecule has 0 amide bonds. The first-order valence-electron chi connectivity index (χ1n) is 8.16. The van der Waals surface area contributed by atoms with Gasteiger partial charge in [0.1, 0.15) is 23.2 Å². The van der Waals surface area contributed by atoms with E-state index in [0.29, 0.717) is 11.3 Å². The Balaban J connectivity index is 1.58. The largest absolute Gasteiger partial charge is 0.573 e. The fraction of sp³-hybridized carbons (Fsp3) is 0.222. The molecule has 0 fully saturated rings. The summed E-state index contributed by atoms with van der Waals surface area (Å²) in [6.07, 6.45) is -5.82. The van der Waals surface area contributed by atoms with Gasteiger partial charge in [-0.3, -0.25) is 0 Å². The highest BCUT2D eigenvalue weighted by Gasteiger charge is 2.31. The van der Waals surface area contributed by atoms with Gasteiger partial charge in [-0.15, -0.1) is 13.2 Å². The summed E-state index contributed by atoms with van der Waals surface area (Å²) in [5.74, 6) is -0.208. The molecule has 2 N–H and O–H groups in total. The average molecular weight is 415 g/mol. The minimum absolute atomic E-state index is 0.0499. The van der Waals surface area contributed by atoms with Crippen LogP contribution in [-0.2, 0) is 10.0 Å². The minimum atomic E-state index is -4.86. The number of hydrogen-bond acceptors (Lipinski definition) is 5. The van der Waals surface area contributed by atoms with E-state index in [1.807, 2.05) is 12.1 Å². The van der Waals surface area contributed by atoms with Gasteiger partial charge in [0.05, 0.1) is 4.90 Å². The van der Waals surface area contributed by atoms with E-state index in [-0.39, 0.29) is 17.9 Å². The Kier molecular flexibility index (Phi) is 5.64. The van der Waals surface area contributed by atoms with E-state index in [1.54, 1.807) is 18.2 Å². The third-order valence-corrected chi connectivity index (χ3v) is 5.33. The lowest BCUT2D eigenvalue weighted by atomic mass is 10.2. The summed E-state index contributed by atoms with van der Waals surface area (Å²) in [4.78, 5) is -0.222. The summed E-state index contributed by atoms with van der Waals surface area (Å²) in [5.41, 5.74) is 0.610. The molecule has 0 aliphatic carbocycles. The van der Waals surface area contributed by atoms with Crippen LogP contribution in [0.1, 0.15) is 18.3 Å². The number of para-hydroxylation sites is 1. The second kappa shape index (κ2) is 7.82. The Bertz CT molecular complexity index is 1010. The van der Waals surface area contributed by atoms with Gasteiger partial charge in [0.2, 0.25) is 10.0 Å². The summed E-state index contributed by atoms with van der Waals surface area (Å²) in [5, 5.41) is 11.0. The Morgan fingerprint density at radius 2 is 1.79 bits per heavy atom. The molecular weight excluding hydrogens is 399 g/mol. The van der Waals surface area contributed by atoms with Crippen molar-refractivity contribution in [3.8, 4) is 5.75 Å². The van der Waals surface area contributed by atoms with E-state index in [4.69, 9.17) is 4.42 Å². The van der Waals surface area contributed by atoms with Gasteiger partial charge >= 0.3 is 6.36 Å². The van der Waals surface area contributed by atoms with Crippen LogP contribution in [0, 0.1) is 0 Å². The monoisotopic (exact) mass is 415 g/mol. The zero-order valence-electron chi connectivity index (χ0n) is 14.3. The van der Waals surface area contributed by atoms with Crippen LogP contribution in [0.15, 0.2) is 63.9 Å². The van der Waals surface area contributed by atoms with Gasteiger partial charge in [-0.05, 0) is 42.8 Å². The molecule has 0 radical (unpaired) electrons. The molecule has 28 heavy (non-hydrogen) atoms. The maximum absolute atomic E-state index is 12.2. The minimum Gasteiger partial charge on any atom is -0.458 e. The van der Waals surface area contributed by atoms with Crippen molar-refractivity contribution in [2.24, 2.45) is 0 Å². The van der Waals surface area contributed by atoms with Gasteiger partial charge in [0.25, 0.3) is 0 Å². The van der Waals surface area contributed by atoms with Gasteiger partial charge in [0, 0.05) is 11.9 Å². The molecule has 1 heterocycles. The van der Waals surface area contributed by atoms with Crippen molar-refractivity contribution < 1.29 is 35.8 Å². The lowest BCUT2D eigenvalue weighted by molar-refractivity contribution is -0.274. The van der Waals surface area contributed by atoms with Gasteiger partial charge in [0.15, 0.2) is 0 Å². The Labute approximate surface area is 158 Å². The first-order valence-corrected chi connectivity index (χ1v) is 9.64. The number of sulfonamides is 1. The third-order valence-electron chi connectivity index (χ3n) is 3.85. The molecule has 1 atom stereocenters. The normalized spacial score (nSPS) is 13.6. The number of aliphatic hydroxyl groups excluding tert-OH is 1. The maximum Gasteiger partial charge on any atom is 0.573 e. The first-order chi connectivity index (χ1) is 13.1. The molecule has 0 saturated carbocycles. The van der Waals surface area contributed by atoms with Crippen LogP contribution in [-0.4, -0.2) is 26.4 Å². The van der Waals surface area contributed by atoms with Crippen molar-refractivity contribution in [2.75, 3.05) is 6.54 Å². The number of furan rings is 1. The Hall–Kier alpha value is -2.56. The van der Waals surface area contributed by atoms with Crippen molar-refractivity contribution in [1.82, 2.24) is 4.72 Å². The van der Waals surface area contributed by atoms with Crippen LogP contribution in [0.5, 0.6) is 5.75 Å². The van der Waals surface area contributed by atoms with E-state index >= 15 is 0 Å². The summed E-state index contributed by atoms with van der Waals surface area (Å²) in [7, 11) is -3.95. The average Bonchev–Trinajstić information content (AvgIpc) is 3.05. The highest BCUT2D eigenvalue weighted by atomic mass is 32.2. The second-order valence-electron chi connectivity index (χ2n) is 5.91. The Morgan fingerprint density at radius 1 is 1.11 bits per heavy atom. The lowest BCUT2D eigenvalue weighted by Crippen LogP contribution is -2.26. The number of aliphatic hydroxyl groups is 1. The van der Waals surface area contributed by atoms with E-state index in [9.17, 15) is 26.7 Å². The zero-order valence-corrected chi connectivity index (χ0v) is 15.1. The van der Waals surface area contributed by atoms with Crippen LogP contribution in [0.25, 0.3) is 11.0 Å². The summed E-state index contributed by atoms with van der Waals surface area (Å²) >= 11 is 0. The zero-order chi connectivity index (χ0) is 20.4. The van der Waals surface area contributed by atoms with E-state index in [0.717, 1.165) is 29.7 Å². The number of hydrogen-bond donors (Lipinski definition) is 2. The molecule has 0 bridgehead atoms. The maximum atomic E-state index is 12.2. The predicted molar refractivity (Wildman–Crippen MR) is 94.1 cm³/mol. The van der Waals surface area contributed by atoms with E-state index in [1.165, 1.54) is 0 Å². The number of alkyl halides is 3. The summed E-state index contributed by atoms with van der Waals surface area (Å²) in [6.45, 7) is -0.0959. The van der Waals surface area contributed by atoms with Crippen LogP contribution >= 0.6 is 0 Å². The second-order valence-corrected chi connectivity index (χ2v) is 7.68. The number of rotatable bonds is 7. The number of ether oxygens (including phenoxy) is 1. The van der Waals surface area contributed by atoms with Gasteiger partial charge < -0.3 is 14.3 Å². The highest BCUT2D eigenvalue weighted by molar-refractivity contribution is 7.89. The van der Waals surface area contributed by atoms with E-state index in [2.05, 4.69) is 9.46 Å². The number of halogens is 3. The fourth-order valence-corrected chi connectivity index (χ4v) is 3.59. The van der Waals surface area contributed by atoms with Crippen molar-refractivity contribution >= 4 is 21.0 Å². The molecule has 0 unspecified atom stereocenters. The molecule has 1 aromatic heterocycles. The van der Waals surface area contributed by atoms with Crippen LogP contribution in [0.3, 0.4) is 0 Å². The standard InChI is InChI=1S/C18H16F3NO5S/c19-18(20,21)27-13-5-7-14(8-6-13)28(24,25)22-10-9-15(23)17-11-12-3-1-2-4-16(12)26-17/h1-8,11,15,22-23H,9-10H2/t15-/m0/s1. The van der Waals surface area contributed by atoms with E-state index < -0.39 is 28.2 Å². The predicted octanol–water partition coefficient (Wildman–Crippen LogP) is 3.73. The molecule has 3 aromatic rings. The highest BCUT2D eigenvalue weighted by Crippen LogP contribution is 2.26. The van der Waals surface area contributed by atoms with Gasteiger partial charge in [-0.2, -0.15) is 0 Å². The van der Waals surface area contributed by atoms with Crippen molar-refractivity contribution in [1.29, 1.82) is 0 Å². The third kappa shape index (κ3) is 5.03. The molecule has 3 rings (SSSR count). The van der Waals surface area contributed by atoms with Crippen LogP contribution in [0.2, 0.25) is 0 Å². The molecule has 0 saturated heterocycles. The number of benzene rings is 2. The van der Waals surface area contributed by atoms with Crippen molar-refractivity contribution in [2.45, 2.75) is 23.8 Å². The quantitative estimate of drug-likeness (QED) is 0.614. The van der Waals surface area contributed by atoms with Crippen molar-refractivity contribution in [3.05, 3.63) is 60.4 Å². The smallest absolute Gasteiger partial charge is 0.458 e. The topological polar surface area (TPSA) is 88.8 Å². The lowest BCUT2D eigenvalue weighted by Gasteiger charge is -2.11. The molecule has 0 aliphatic heterocycles. The number of fused-ring (bicyclic) bond motifs is 1. The SMILES string of the molecule is O=S(=O)(NCC[C@H](O)c1cc2ccccc2o1)c1ccc(OC(F)(F)F)cc1. The van der Waals surface area contributed by atoms with Gasteiger partial charge in [-0.25, -0.2) is 13.1 Å². The summed E-state index contributed by atoms with van der Waals surface area (Å²) < 4.78 is 72.3. The van der Waals surface area contributed by atoms with Crippen LogP contribution < -0.4 is 9.46 Å². The number of nitrogens with one attached hydrogen (secondary N) is 1. The molecular formula is C18H16F3NO5S. The summed E-state index contributed by atoms with van der Waals surface area (Å²) in [6, 6.07) is 12.7. The molecule has 10 heteroatoms. The first kappa shape index (κ1) is 20.2. The van der Waals surface area contributed by atoms with Crippen LogP contribution in [0.4, 0.5) is 13.2 Å². The molecule has 2 aromatic carbocycles. The fourth-order valence-electron chi connectivity index (χ4n) is 2.54. The Morgan fingerprint density at radius 3 is 2.43 bits per heavy atom. The van der Waals surface area contributed by atoms with Gasteiger partial charge in [-0.1, -0.05) is 18.2 Å². The van der Waals surface area contributed by atoms with Crippen molar-refractivity contribution in [3.63, 3.8) is 0 Å². The molecule has 150 valence electrons.